The van der Waals surface area contributed by atoms with Gasteiger partial charge in [0.15, 0.2) is 0 Å². The fraction of sp³-hybridized carbons (Fsp3) is 0.360. The van der Waals surface area contributed by atoms with Gasteiger partial charge in [-0.25, -0.2) is 0 Å². The van der Waals surface area contributed by atoms with Gasteiger partial charge in [0.25, 0.3) is 0 Å². The maximum Gasteiger partial charge on any atom is 0.123 e. The second-order valence-electron chi connectivity index (χ2n) is 9.35. The van der Waals surface area contributed by atoms with E-state index in [0.29, 0.717) is 5.75 Å². The summed E-state index contributed by atoms with van der Waals surface area (Å²) in [7, 11) is 0. The molecule has 0 fully saturated rings. The molecule has 0 radical (unpaired) electrons. The minimum atomic E-state index is -0.0984. The van der Waals surface area contributed by atoms with E-state index in [-0.39, 0.29) is 10.8 Å². The summed E-state index contributed by atoms with van der Waals surface area (Å²) in [5.74, 6) is 0.451. The second kappa shape index (κ2) is 6.46. The summed E-state index contributed by atoms with van der Waals surface area (Å²) >= 11 is 0. The Balaban J connectivity index is 2.16. The van der Waals surface area contributed by atoms with Gasteiger partial charge in [-0.3, -0.25) is 0 Å². The summed E-state index contributed by atoms with van der Waals surface area (Å²) < 4.78 is 0. The fourth-order valence-electron chi connectivity index (χ4n) is 3.61. The van der Waals surface area contributed by atoms with Crippen molar-refractivity contribution < 1.29 is 5.11 Å². The molecule has 3 rings (SSSR count). The number of hydrogen-bond acceptors (Lipinski definition) is 1. The monoisotopic (exact) mass is 346 g/mol. The van der Waals surface area contributed by atoms with Crippen LogP contribution < -0.4 is 0 Å². The SMILES string of the molecule is CC(C)(C)c1cc(Cc2cccc3ccccc23)cc(C(C)(C)C)c1O. The van der Waals surface area contributed by atoms with E-state index in [2.05, 4.69) is 96.1 Å². The molecule has 136 valence electrons. The summed E-state index contributed by atoms with van der Waals surface area (Å²) in [6.45, 7) is 13.0. The number of benzene rings is 3. The Hall–Kier alpha value is -2.28. The molecule has 0 heterocycles. The van der Waals surface area contributed by atoms with E-state index < -0.39 is 0 Å². The summed E-state index contributed by atoms with van der Waals surface area (Å²) in [5, 5.41) is 13.5. The number of fused-ring (bicyclic) bond motifs is 1. The average molecular weight is 347 g/mol. The van der Waals surface area contributed by atoms with Gasteiger partial charge in [-0.2, -0.15) is 0 Å². The van der Waals surface area contributed by atoms with Crippen LogP contribution in [0.1, 0.15) is 63.8 Å². The first-order valence-corrected chi connectivity index (χ1v) is 9.41. The maximum absolute atomic E-state index is 10.9. The van der Waals surface area contributed by atoms with Crippen LogP contribution in [-0.4, -0.2) is 5.11 Å². The van der Waals surface area contributed by atoms with E-state index in [0.717, 1.165) is 17.5 Å². The molecule has 0 aliphatic heterocycles. The molecule has 26 heavy (non-hydrogen) atoms. The van der Waals surface area contributed by atoms with Crippen molar-refractivity contribution in [2.75, 3.05) is 0 Å². The zero-order valence-corrected chi connectivity index (χ0v) is 16.9. The first-order valence-electron chi connectivity index (χ1n) is 9.41. The van der Waals surface area contributed by atoms with Crippen LogP contribution in [0.5, 0.6) is 5.75 Å². The second-order valence-corrected chi connectivity index (χ2v) is 9.35. The largest absolute Gasteiger partial charge is 0.507 e. The molecule has 0 atom stereocenters. The molecule has 0 aromatic heterocycles. The van der Waals surface area contributed by atoms with Crippen molar-refractivity contribution in [3.05, 3.63) is 76.9 Å². The molecule has 0 saturated carbocycles. The number of phenols is 1. The van der Waals surface area contributed by atoms with E-state index in [1.165, 1.54) is 21.9 Å². The highest BCUT2D eigenvalue weighted by Crippen LogP contribution is 2.40. The molecule has 0 bridgehead atoms. The van der Waals surface area contributed by atoms with Crippen LogP contribution in [0.4, 0.5) is 0 Å². The molecule has 1 heteroatoms. The van der Waals surface area contributed by atoms with Crippen LogP contribution in [0.25, 0.3) is 10.8 Å². The van der Waals surface area contributed by atoms with Gasteiger partial charge < -0.3 is 5.11 Å². The molecule has 1 nitrogen and oxygen atoms in total. The number of phenolic OH excluding ortho intramolecular Hbond substituents is 1. The summed E-state index contributed by atoms with van der Waals surface area (Å²) in [6, 6.07) is 19.4. The van der Waals surface area contributed by atoms with Crippen molar-refractivity contribution in [3.63, 3.8) is 0 Å². The summed E-state index contributed by atoms with van der Waals surface area (Å²) in [4.78, 5) is 0. The minimum Gasteiger partial charge on any atom is -0.507 e. The molecule has 3 aromatic rings. The summed E-state index contributed by atoms with van der Waals surface area (Å²) in [5.41, 5.74) is 4.44. The smallest absolute Gasteiger partial charge is 0.123 e. The lowest BCUT2D eigenvalue weighted by Gasteiger charge is -2.28. The molecule has 1 N–H and O–H groups in total. The molecule has 0 unspecified atom stereocenters. The Morgan fingerprint density at radius 1 is 0.731 bits per heavy atom. The third-order valence-electron chi connectivity index (χ3n) is 5.06. The standard InChI is InChI=1S/C25H30O/c1-24(2,3)21-15-17(16-22(23(21)26)25(4,5)6)14-19-12-9-11-18-10-7-8-13-20(18)19/h7-13,15-16,26H,14H2,1-6H3. The van der Waals surface area contributed by atoms with Gasteiger partial charge in [-0.15, -0.1) is 0 Å². The van der Waals surface area contributed by atoms with E-state index in [9.17, 15) is 5.11 Å². The molecule has 0 amide bonds. The van der Waals surface area contributed by atoms with Crippen LogP contribution in [0.2, 0.25) is 0 Å². The van der Waals surface area contributed by atoms with Crippen LogP contribution in [-0.2, 0) is 17.3 Å². The number of rotatable bonds is 2. The number of hydrogen-bond donors (Lipinski definition) is 1. The lowest BCUT2D eigenvalue weighted by Crippen LogP contribution is -2.18. The van der Waals surface area contributed by atoms with Gasteiger partial charge in [0, 0.05) is 0 Å². The van der Waals surface area contributed by atoms with Gasteiger partial charge >= 0.3 is 0 Å². The summed E-state index contributed by atoms with van der Waals surface area (Å²) in [6.07, 6.45) is 0.869. The topological polar surface area (TPSA) is 20.2 Å². The fourth-order valence-corrected chi connectivity index (χ4v) is 3.61. The first-order chi connectivity index (χ1) is 12.1. The normalized spacial score (nSPS) is 12.5. The van der Waals surface area contributed by atoms with E-state index >= 15 is 0 Å². The van der Waals surface area contributed by atoms with E-state index in [4.69, 9.17) is 0 Å². The zero-order chi connectivity index (χ0) is 19.1. The highest BCUT2D eigenvalue weighted by molar-refractivity contribution is 5.86. The molecule has 0 aliphatic carbocycles. The van der Waals surface area contributed by atoms with Crippen molar-refractivity contribution in [3.8, 4) is 5.75 Å². The number of aromatic hydroxyl groups is 1. The lowest BCUT2D eigenvalue weighted by molar-refractivity contribution is 0.423. The molecule has 0 spiro atoms. The highest BCUT2D eigenvalue weighted by atomic mass is 16.3. The average Bonchev–Trinajstić information content (AvgIpc) is 2.54. The van der Waals surface area contributed by atoms with Crippen molar-refractivity contribution in [2.24, 2.45) is 0 Å². The van der Waals surface area contributed by atoms with Crippen molar-refractivity contribution in [2.45, 2.75) is 58.8 Å². The quantitative estimate of drug-likeness (QED) is 0.545. The maximum atomic E-state index is 10.9. The van der Waals surface area contributed by atoms with Gasteiger partial charge in [-0.05, 0) is 50.3 Å². The van der Waals surface area contributed by atoms with E-state index in [1.807, 2.05) is 0 Å². The predicted octanol–water partition coefficient (Wildman–Crippen LogP) is 6.73. The van der Waals surface area contributed by atoms with Gasteiger partial charge in [0.1, 0.15) is 5.75 Å². The first kappa shape index (κ1) is 18.5. The minimum absolute atomic E-state index is 0.0984. The predicted molar refractivity (Wildman–Crippen MR) is 112 cm³/mol. The third-order valence-corrected chi connectivity index (χ3v) is 5.06. The van der Waals surface area contributed by atoms with Gasteiger partial charge in [0.05, 0.1) is 0 Å². The van der Waals surface area contributed by atoms with Crippen LogP contribution >= 0.6 is 0 Å². The Kier molecular flexibility index (Phi) is 4.60. The van der Waals surface area contributed by atoms with Gasteiger partial charge in [-0.1, -0.05) is 96.1 Å². The van der Waals surface area contributed by atoms with Crippen LogP contribution in [0, 0.1) is 0 Å². The van der Waals surface area contributed by atoms with Crippen molar-refractivity contribution >= 4 is 10.8 Å². The molecular formula is C25H30O. The van der Waals surface area contributed by atoms with E-state index in [1.54, 1.807) is 0 Å². The Morgan fingerprint density at radius 2 is 1.27 bits per heavy atom. The molecule has 0 aliphatic rings. The molecule has 3 aromatic carbocycles. The highest BCUT2D eigenvalue weighted by Gasteiger charge is 2.26. The Bertz CT molecular complexity index is 896. The van der Waals surface area contributed by atoms with Crippen LogP contribution in [0.3, 0.4) is 0 Å². The van der Waals surface area contributed by atoms with Gasteiger partial charge in [0.2, 0.25) is 0 Å². The Morgan fingerprint density at radius 3 is 1.85 bits per heavy atom. The lowest BCUT2D eigenvalue weighted by atomic mass is 9.78. The third kappa shape index (κ3) is 3.62. The molecular weight excluding hydrogens is 316 g/mol. The zero-order valence-electron chi connectivity index (χ0n) is 16.9. The molecule has 0 saturated heterocycles. The van der Waals surface area contributed by atoms with Crippen LogP contribution in [0.15, 0.2) is 54.6 Å². The van der Waals surface area contributed by atoms with Crippen molar-refractivity contribution in [1.82, 2.24) is 0 Å². The van der Waals surface area contributed by atoms with Crippen molar-refractivity contribution in [1.29, 1.82) is 0 Å². The Labute approximate surface area is 157 Å².